The molecule has 7 heteroatoms. The van der Waals surface area contributed by atoms with Gasteiger partial charge in [-0.25, -0.2) is 4.39 Å². The zero-order valence-electron chi connectivity index (χ0n) is 19.1. The van der Waals surface area contributed by atoms with E-state index in [4.69, 9.17) is 0 Å². The molecule has 3 aromatic rings. The Balaban J connectivity index is 1.39. The monoisotopic (exact) mass is 460 g/mol. The van der Waals surface area contributed by atoms with Gasteiger partial charge < -0.3 is 19.9 Å². The lowest BCUT2D eigenvalue weighted by Crippen LogP contribution is -2.41. The zero-order chi connectivity index (χ0) is 23.8. The maximum atomic E-state index is 13.4. The molecule has 1 fully saturated rings. The van der Waals surface area contributed by atoms with Crippen molar-refractivity contribution in [1.29, 1.82) is 0 Å². The number of likely N-dealkylation sites (tertiary alicyclic amines) is 1. The van der Waals surface area contributed by atoms with E-state index < -0.39 is 0 Å². The molecule has 34 heavy (non-hydrogen) atoms. The van der Waals surface area contributed by atoms with Crippen LogP contribution < -0.4 is 10.2 Å². The van der Waals surface area contributed by atoms with E-state index in [0.29, 0.717) is 18.0 Å². The predicted octanol–water partition coefficient (Wildman–Crippen LogP) is 4.36. The fourth-order valence-electron chi connectivity index (χ4n) is 4.37. The van der Waals surface area contributed by atoms with Crippen molar-refractivity contribution in [3.8, 4) is 0 Å². The number of hydrogen-bond acceptors (Lipinski definition) is 5. The molecule has 0 unspecified atom stereocenters. The molecule has 1 saturated heterocycles. The topological polar surface area (TPSA) is 65.5 Å². The van der Waals surface area contributed by atoms with Gasteiger partial charge in [-0.15, -0.1) is 0 Å². The van der Waals surface area contributed by atoms with Gasteiger partial charge in [0.25, 0.3) is 5.91 Å². The van der Waals surface area contributed by atoms with E-state index in [1.54, 1.807) is 41.6 Å². The summed E-state index contributed by atoms with van der Waals surface area (Å²) in [5, 5.41) is 2.98. The first-order valence-electron chi connectivity index (χ1n) is 11.6. The van der Waals surface area contributed by atoms with Crippen molar-refractivity contribution >= 4 is 23.6 Å². The SMILES string of the molecule is O=CCNc1ccc(C(=O)N(CCN2CCC(c3ccc(F)cc3)CC2)c2cccnc2)cc1. The van der Waals surface area contributed by atoms with E-state index in [-0.39, 0.29) is 18.3 Å². The zero-order valence-corrected chi connectivity index (χ0v) is 19.1. The van der Waals surface area contributed by atoms with Crippen molar-refractivity contribution in [2.45, 2.75) is 18.8 Å². The van der Waals surface area contributed by atoms with Crippen LogP contribution >= 0.6 is 0 Å². The van der Waals surface area contributed by atoms with Crippen LogP contribution in [0, 0.1) is 5.82 Å². The average Bonchev–Trinajstić information content (AvgIpc) is 2.89. The molecule has 0 radical (unpaired) electrons. The van der Waals surface area contributed by atoms with Crippen molar-refractivity contribution in [2.75, 3.05) is 42.9 Å². The number of pyridine rings is 1. The van der Waals surface area contributed by atoms with Gasteiger partial charge in [-0.2, -0.15) is 0 Å². The predicted molar refractivity (Wildman–Crippen MR) is 132 cm³/mol. The number of hydrogen-bond donors (Lipinski definition) is 1. The van der Waals surface area contributed by atoms with Gasteiger partial charge in [-0.05, 0) is 85.9 Å². The smallest absolute Gasteiger partial charge is 0.258 e. The third kappa shape index (κ3) is 6.05. The number of anilines is 2. The van der Waals surface area contributed by atoms with Crippen molar-refractivity contribution in [3.05, 3.63) is 90.0 Å². The highest BCUT2D eigenvalue weighted by atomic mass is 19.1. The maximum absolute atomic E-state index is 13.4. The molecule has 1 aliphatic rings. The number of amides is 1. The molecule has 0 saturated carbocycles. The number of halogens is 1. The van der Waals surface area contributed by atoms with Crippen molar-refractivity contribution in [1.82, 2.24) is 9.88 Å². The fraction of sp³-hybridized carbons (Fsp3) is 0.296. The summed E-state index contributed by atoms with van der Waals surface area (Å²) < 4.78 is 13.2. The first-order valence-corrected chi connectivity index (χ1v) is 11.6. The number of carbonyl (C=O) groups is 2. The number of benzene rings is 2. The molecule has 0 bridgehead atoms. The van der Waals surface area contributed by atoms with Crippen LogP contribution in [0.25, 0.3) is 0 Å². The highest BCUT2D eigenvalue weighted by Crippen LogP contribution is 2.28. The van der Waals surface area contributed by atoms with Crippen LogP contribution in [0.3, 0.4) is 0 Å². The van der Waals surface area contributed by atoms with Gasteiger partial charge >= 0.3 is 0 Å². The Kier molecular flexibility index (Phi) is 7.99. The number of aldehydes is 1. The minimum Gasteiger partial charge on any atom is -0.378 e. The van der Waals surface area contributed by atoms with Crippen LogP contribution in [-0.2, 0) is 4.79 Å². The third-order valence-electron chi connectivity index (χ3n) is 6.29. The normalized spacial score (nSPS) is 14.5. The van der Waals surface area contributed by atoms with Gasteiger partial charge in [0, 0.05) is 30.5 Å². The Labute approximate surface area is 199 Å². The largest absolute Gasteiger partial charge is 0.378 e. The van der Waals surface area contributed by atoms with E-state index in [0.717, 1.165) is 50.1 Å². The third-order valence-corrected chi connectivity index (χ3v) is 6.29. The summed E-state index contributed by atoms with van der Waals surface area (Å²) in [6.45, 7) is 3.42. The quantitative estimate of drug-likeness (QED) is 0.481. The number of nitrogens with one attached hydrogen (secondary N) is 1. The van der Waals surface area contributed by atoms with E-state index in [1.165, 1.54) is 17.7 Å². The lowest BCUT2D eigenvalue weighted by Gasteiger charge is -2.34. The molecule has 1 amide bonds. The van der Waals surface area contributed by atoms with Crippen LogP contribution in [0.4, 0.5) is 15.8 Å². The molecule has 176 valence electrons. The molecule has 0 aliphatic carbocycles. The maximum Gasteiger partial charge on any atom is 0.258 e. The molecular formula is C27H29FN4O2. The number of carbonyl (C=O) groups excluding carboxylic acids is 2. The fourth-order valence-corrected chi connectivity index (χ4v) is 4.37. The van der Waals surface area contributed by atoms with E-state index in [2.05, 4.69) is 15.2 Å². The number of nitrogens with zero attached hydrogens (tertiary/aromatic N) is 3. The summed E-state index contributed by atoms with van der Waals surface area (Å²) in [6.07, 6.45) is 6.23. The van der Waals surface area contributed by atoms with Crippen LogP contribution in [0.2, 0.25) is 0 Å². The summed E-state index contributed by atoms with van der Waals surface area (Å²) in [4.78, 5) is 32.3. The van der Waals surface area contributed by atoms with Crippen LogP contribution in [0.1, 0.15) is 34.7 Å². The summed E-state index contributed by atoms with van der Waals surface area (Å²) >= 11 is 0. The molecule has 2 heterocycles. The molecule has 0 spiro atoms. The first-order chi connectivity index (χ1) is 16.6. The second kappa shape index (κ2) is 11.5. The number of rotatable bonds is 9. The summed E-state index contributed by atoms with van der Waals surface area (Å²) in [5.74, 6) is 0.156. The summed E-state index contributed by atoms with van der Waals surface area (Å²) in [5.41, 5.74) is 3.33. The van der Waals surface area contributed by atoms with Gasteiger partial charge in [-0.1, -0.05) is 12.1 Å². The average molecular weight is 461 g/mol. The molecule has 1 aromatic heterocycles. The summed E-state index contributed by atoms with van der Waals surface area (Å²) in [7, 11) is 0. The highest BCUT2D eigenvalue weighted by Gasteiger charge is 2.23. The lowest BCUT2D eigenvalue weighted by atomic mass is 9.89. The Morgan fingerprint density at radius 2 is 1.82 bits per heavy atom. The number of piperidine rings is 1. The lowest BCUT2D eigenvalue weighted by molar-refractivity contribution is -0.106. The Morgan fingerprint density at radius 1 is 1.09 bits per heavy atom. The Hall–Kier alpha value is -3.58. The Morgan fingerprint density at radius 3 is 2.47 bits per heavy atom. The minimum absolute atomic E-state index is 0.0869. The molecular weight excluding hydrogens is 431 g/mol. The van der Waals surface area contributed by atoms with Gasteiger partial charge in [0.15, 0.2) is 0 Å². The second-order valence-corrected chi connectivity index (χ2v) is 8.46. The van der Waals surface area contributed by atoms with Gasteiger partial charge in [0.1, 0.15) is 12.1 Å². The Bertz CT molecular complexity index is 1070. The van der Waals surface area contributed by atoms with Crippen LogP contribution in [0.5, 0.6) is 0 Å². The summed E-state index contributed by atoms with van der Waals surface area (Å²) in [6, 6.07) is 17.7. The standard InChI is InChI=1S/C27H29FN4O2/c28-24-7-3-21(4-8-24)22-11-15-31(16-12-22)17-18-32(26-2-1-13-29-20-26)27(34)23-5-9-25(10-6-23)30-14-19-33/h1-10,13,19-20,22,30H,11-12,14-18H2. The molecule has 4 rings (SSSR count). The molecule has 2 aromatic carbocycles. The van der Waals surface area contributed by atoms with Gasteiger partial charge in [-0.3, -0.25) is 9.78 Å². The van der Waals surface area contributed by atoms with E-state index in [1.807, 2.05) is 24.3 Å². The molecule has 6 nitrogen and oxygen atoms in total. The van der Waals surface area contributed by atoms with E-state index in [9.17, 15) is 14.0 Å². The van der Waals surface area contributed by atoms with Crippen LogP contribution in [0.15, 0.2) is 73.1 Å². The van der Waals surface area contributed by atoms with E-state index >= 15 is 0 Å². The van der Waals surface area contributed by atoms with Crippen LogP contribution in [-0.4, -0.2) is 54.8 Å². The molecule has 1 N–H and O–H groups in total. The molecule has 1 aliphatic heterocycles. The highest BCUT2D eigenvalue weighted by molar-refractivity contribution is 6.06. The van der Waals surface area contributed by atoms with Crippen molar-refractivity contribution in [3.63, 3.8) is 0 Å². The number of aromatic nitrogens is 1. The van der Waals surface area contributed by atoms with Gasteiger partial charge in [0.05, 0.1) is 18.4 Å². The molecule has 0 atom stereocenters. The minimum atomic E-state index is -0.201. The van der Waals surface area contributed by atoms with Crippen molar-refractivity contribution < 1.29 is 14.0 Å². The first kappa shape index (κ1) is 23.6. The van der Waals surface area contributed by atoms with Crippen molar-refractivity contribution in [2.24, 2.45) is 0 Å². The second-order valence-electron chi connectivity index (χ2n) is 8.46. The van der Waals surface area contributed by atoms with Gasteiger partial charge in [0.2, 0.25) is 0 Å².